The lowest BCUT2D eigenvalue weighted by molar-refractivity contribution is 0.299. The van der Waals surface area contributed by atoms with Gasteiger partial charge in [0.2, 0.25) is 0 Å². The first-order valence-corrected chi connectivity index (χ1v) is 7.10. The van der Waals surface area contributed by atoms with Gasteiger partial charge in [0.1, 0.15) is 5.01 Å². The van der Waals surface area contributed by atoms with Crippen LogP contribution in [0.5, 0.6) is 0 Å². The van der Waals surface area contributed by atoms with E-state index in [9.17, 15) is 0 Å². The number of hydrogen-bond acceptors (Lipinski definition) is 3. The number of nitrogens with zero attached hydrogens (tertiary/aromatic N) is 1. The molecule has 2 nitrogen and oxygen atoms in total. The summed E-state index contributed by atoms with van der Waals surface area (Å²) in [4.78, 5) is 6.10. The van der Waals surface area contributed by atoms with Crippen molar-refractivity contribution in [2.45, 2.75) is 59.4 Å². The highest BCUT2D eigenvalue weighted by atomic mass is 32.1. The monoisotopic (exact) mass is 240 g/mol. The zero-order valence-corrected chi connectivity index (χ0v) is 12.0. The third-order valence-corrected chi connectivity index (χ3v) is 4.51. The van der Waals surface area contributed by atoms with Gasteiger partial charge in [-0.2, -0.15) is 0 Å². The molecule has 1 heterocycles. The Morgan fingerprint density at radius 3 is 2.31 bits per heavy atom. The van der Waals surface area contributed by atoms with Gasteiger partial charge in [0, 0.05) is 4.88 Å². The molecule has 1 atom stereocenters. The van der Waals surface area contributed by atoms with Gasteiger partial charge in [0.05, 0.1) is 11.2 Å². The van der Waals surface area contributed by atoms with Gasteiger partial charge in [-0.3, -0.25) is 0 Å². The minimum atomic E-state index is 0.104. The number of aryl methyl sites for hydroxylation is 2. The van der Waals surface area contributed by atoms with Gasteiger partial charge in [0.25, 0.3) is 0 Å². The SMILES string of the molecule is CCCC(CC)(NCC)c1nc(C)c(C)s1. The van der Waals surface area contributed by atoms with Crippen LogP contribution >= 0.6 is 11.3 Å². The van der Waals surface area contributed by atoms with Crippen molar-refractivity contribution >= 4 is 11.3 Å². The Morgan fingerprint density at radius 2 is 1.94 bits per heavy atom. The van der Waals surface area contributed by atoms with E-state index >= 15 is 0 Å². The quantitative estimate of drug-likeness (QED) is 0.818. The topological polar surface area (TPSA) is 24.9 Å². The summed E-state index contributed by atoms with van der Waals surface area (Å²) in [6.45, 7) is 11.9. The number of aromatic nitrogens is 1. The second kappa shape index (κ2) is 5.78. The van der Waals surface area contributed by atoms with Crippen molar-refractivity contribution in [1.82, 2.24) is 10.3 Å². The Kier molecular flexibility index (Phi) is 4.93. The molecule has 3 heteroatoms. The Bertz CT molecular complexity index is 305. The summed E-state index contributed by atoms with van der Waals surface area (Å²) in [5, 5.41) is 4.92. The van der Waals surface area contributed by atoms with Crippen LogP contribution < -0.4 is 5.32 Å². The minimum Gasteiger partial charge on any atom is -0.306 e. The second-order valence-electron chi connectivity index (χ2n) is 4.38. The molecule has 0 aliphatic heterocycles. The van der Waals surface area contributed by atoms with Crippen molar-refractivity contribution in [3.8, 4) is 0 Å². The average Bonchev–Trinajstić information content (AvgIpc) is 2.59. The molecule has 0 aromatic carbocycles. The highest BCUT2D eigenvalue weighted by Crippen LogP contribution is 2.34. The molecule has 16 heavy (non-hydrogen) atoms. The van der Waals surface area contributed by atoms with E-state index in [1.165, 1.54) is 28.4 Å². The normalized spacial score (nSPS) is 15.1. The zero-order chi connectivity index (χ0) is 12.2. The van der Waals surface area contributed by atoms with E-state index in [4.69, 9.17) is 4.98 Å². The number of thiazole rings is 1. The average molecular weight is 240 g/mol. The summed E-state index contributed by atoms with van der Waals surface area (Å²) in [5.74, 6) is 0. The van der Waals surface area contributed by atoms with E-state index in [0.717, 1.165) is 13.0 Å². The van der Waals surface area contributed by atoms with Crippen LogP contribution in [0, 0.1) is 13.8 Å². The number of nitrogens with one attached hydrogen (secondary N) is 1. The van der Waals surface area contributed by atoms with Crippen LogP contribution in [0.1, 0.15) is 55.6 Å². The second-order valence-corrected chi connectivity index (χ2v) is 5.58. The maximum absolute atomic E-state index is 4.75. The molecular weight excluding hydrogens is 216 g/mol. The lowest BCUT2D eigenvalue weighted by Gasteiger charge is -2.31. The summed E-state index contributed by atoms with van der Waals surface area (Å²) < 4.78 is 0. The molecule has 0 saturated carbocycles. The van der Waals surface area contributed by atoms with Crippen molar-refractivity contribution in [3.63, 3.8) is 0 Å². The highest BCUT2D eigenvalue weighted by molar-refractivity contribution is 7.11. The van der Waals surface area contributed by atoms with E-state index < -0.39 is 0 Å². The van der Waals surface area contributed by atoms with Crippen LogP contribution in [0.25, 0.3) is 0 Å². The molecule has 0 fully saturated rings. The molecule has 1 aromatic heterocycles. The van der Waals surface area contributed by atoms with Gasteiger partial charge < -0.3 is 5.32 Å². The summed E-state index contributed by atoms with van der Waals surface area (Å²) in [5.41, 5.74) is 1.29. The molecule has 1 unspecified atom stereocenters. The molecule has 0 saturated heterocycles. The molecule has 0 aliphatic carbocycles. The van der Waals surface area contributed by atoms with Gasteiger partial charge in [-0.15, -0.1) is 11.3 Å². The Hall–Kier alpha value is -0.410. The fraction of sp³-hybridized carbons (Fsp3) is 0.769. The number of hydrogen-bond donors (Lipinski definition) is 1. The molecule has 0 spiro atoms. The number of rotatable bonds is 6. The molecule has 0 aliphatic rings. The lowest BCUT2D eigenvalue weighted by Crippen LogP contribution is -2.41. The first-order valence-electron chi connectivity index (χ1n) is 6.29. The van der Waals surface area contributed by atoms with Crippen LogP contribution in [0.4, 0.5) is 0 Å². The fourth-order valence-electron chi connectivity index (χ4n) is 2.17. The van der Waals surface area contributed by atoms with E-state index in [0.29, 0.717) is 0 Å². The molecule has 92 valence electrons. The van der Waals surface area contributed by atoms with Crippen LogP contribution in [-0.4, -0.2) is 11.5 Å². The van der Waals surface area contributed by atoms with Gasteiger partial charge in [-0.1, -0.05) is 27.2 Å². The third kappa shape index (κ3) is 2.64. The van der Waals surface area contributed by atoms with Crippen LogP contribution in [0.15, 0.2) is 0 Å². The van der Waals surface area contributed by atoms with E-state index in [1.807, 2.05) is 11.3 Å². The predicted molar refractivity (Wildman–Crippen MR) is 72.1 cm³/mol. The first-order chi connectivity index (χ1) is 7.59. The smallest absolute Gasteiger partial charge is 0.113 e. The lowest BCUT2D eigenvalue weighted by atomic mass is 9.91. The molecule has 1 N–H and O–H groups in total. The predicted octanol–water partition coefficient (Wildman–Crippen LogP) is 3.77. The zero-order valence-electron chi connectivity index (χ0n) is 11.2. The van der Waals surface area contributed by atoms with E-state index in [-0.39, 0.29) is 5.54 Å². The molecule has 0 amide bonds. The van der Waals surface area contributed by atoms with E-state index in [1.54, 1.807) is 0 Å². The van der Waals surface area contributed by atoms with E-state index in [2.05, 4.69) is 39.9 Å². The van der Waals surface area contributed by atoms with Crippen molar-refractivity contribution in [1.29, 1.82) is 0 Å². The van der Waals surface area contributed by atoms with Gasteiger partial charge in [-0.05, 0) is 33.2 Å². The summed E-state index contributed by atoms with van der Waals surface area (Å²) >= 11 is 1.85. The first kappa shape index (κ1) is 13.7. The van der Waals surface area contributed by atoms with Gasteiger partial charge in [-0.25, -0.2) is 4.98 Å². The van der Waals surface area contributed by atoms with Crippen molar-refractivity contribution < 1.29 is 0 Å². The largest absolute Gasteiger partial charge is 0.306 e. The maximum atomic E-state index is 4.75. The summed E-state index contributed by atoms with van der Waals surface area (Å²) in [6.07, 6.45) is 3.48. The summed E-state index contributed by atoms with van der Waals surface area (Å²) in [7, 11) is 0. The maximum Gasteiger partial charge on any atom is 0.113 e. The van der Waals surface area contributed by atoms with Crippen LogP contribution in [0.3, 0.4) is 0 Å². The molecule has 1 rings (SSSR count). The molecule has 0 bridgehead atoms. The Labute approximate surface area is 103 Å². The van der Waals surface area contributed by atoms with Crippen molar-refractivity contribution in [2.24, 2.45) is 0 Å². The van der Waals surface area contributed by atoms with Crippen molar-refractivity contribution in [3.05, 3.63) is 15.6 Å². The fourth-order valence-corrected chi connectivity index (χ4v) is 3.35. The molecular formula is C13H24N2S. The van der Waals surface area contributed by atoms with Gasteiger partial charge in [0.15, 0.2) is 0 Å². The molecule has 0 radical (unpaired) electrons. The van der Waals surface area contributed by atoms with Crippen LogP contribution in [-0.2, 0) is 5.54 Å². The third-order valence-electron chi connectivity index (χ3n) is 3.23. The van der Waals surface area contributed by atoms with Gasteiger partial charge >= 0.3 is 0 Å². The minimum absolute atomic E-state index is 0.104. The summed E-state index contributed by atoms with van der Waals surface area (Å²) in [6, 6.07) is 0. The van der Waals surface area contributed by atoms with Crippen molar-refractivity contribution in [2.75, 3.05) is 6.54 Å². The standard InChI is InChI=1S/C13H24N2S/c1-6-9-13(7-2,14-8-3)12-15-10(4)11(5)16-12/h14H,6-9H2,1-5H3. The Balaban J connectivity index is 3.07. The Morgan fingerprint density at radius 1 is 1.25 bits per heavy atom. The highest BCUT2D eigenvalue weighted by Gasteiger charge is 2.31. The van der Waals surface area contributed by atoms with Crippen LogP contribution in [0.2, 0.25) is 0 Å². The molecule has 1 aromatic rings.